The monoisotopic (exact) mass is 458 g/mol. The first kappa shape index (κ1) is 22.8. The molecule has 170 valence electrons. The zero-order valence-corrected chi connectivity index (χ0v) is 16.3. The summed E-state index contributed by atoms with van der Waals surface area (Å²) < 4.78 is 75.6. The van der Waals surface area contributed by atoms with Crippen LogP contribution >= 0.6 is 0 Å². The first-order valence-corrected chi connectivity index (χ1v) is 8.89. The van der Waals surface area contributed by atoms with Gasteiger partial charge in [-0.3, -0.25) is 14.8 Å². The molecule has 0 bridgehead atoms. The molecule has 32 heavy (non-hydrogen) atoms. The maximum atomic E-state index is 14.3. The van der Waals surface area contributed by atoms with Crippen molar-refractivity contribution in [3.05, 3.63) is 75.6 Å². The van der Waals surface area contributed by atoms with Crippen LogP contribution in [0.5, 0.6) is 11.5 Å². The van der Waals surface area contributed by atoms with Gasteiger partial charge in [-0.25, -0.2) is 8.78 Å². The lowest BCUT2D eigenvalue weighted by Gasteiger charge is -2.13. The Balaban J connectivity index is 1.77. The number of benzene rings is 2. The number of halogens is 5. The molecule has 8 nitrogen and oxygen atoms in total. The fourth-order valence-corrected chi connectivity index (χ4v) is 2.70. The molecule has 1 heterocycles. The molecule has 1 aromatic heterocycles. The van der Waals surface area contributed by atoms with Gasteiger partial charge in [-0.1, -0.05) is 6.07 Å². The van der Waals surface area contributed by atoms with Crippen LogP contribution in [0, 0.1) is 21.7 Å². The number of alkyl halides is 3. The lowest BCUT2D eigenvalue weighted by molar-refractivity contribution is -0.384. The first-order chi connectivity index (χ1) is 15.0. The Morgan fingerprint density at radius 3 is 2.50 bits per heavy atom. The number of aryl methyl sites for hydroxylation is 1. The van der Waals surface area contributed by atoms with Crippen molar-refractivity contribution in [1.82, 2.24) is 9.78 Å². The van der Waals surface area contributed by atoms with Crippen molar-refractivity contribution < 1.29 is 36.3 Å². The number of hydrogen-bond acceptors (Lipinski definition) is 6. The molecule has 0 aliphatic carbocycles. The number of hydrogen-bond donors (Lipinski definition) is 1. The van der Waals surface area contributed by atoms with Gasteiger partial charge in [0.2, 0.25) is 0 Å². The summed E-state index contributed by atoms with van der Waals surface area (Å²) in [5, 5.41) is 17.9. The number of nitro groups is 1. The van der Waals surface area contributed by atoms with Crippen LogP contribution in [0.25, 0.3) is 0 Å². The van der Waals surface area contributed by atoms with Crippen LogP contribution in [0.1, 0.15) is 11.3 Å². The predicted octanol–water partition coefficient (Wildman–Crippen LogP) is 4.70. The number of aromatic nitrogens is 2. The van der Waals surface area contributed by atoms with E-state index in [-0.39, 0.29) is 30.2 Å². The normalized spacial score (nSPS) is 11.3. The predicted molar refractivity (Wildman–Crippen MR) is 101 cm³/mol. The molecule has 0 atom stereocenters. The van der Waals surface area contributed by atoms with Crippen LogP contribution in [0.3, 0.4) is 0 Å². The summed E-state index contributed by atoms with van der Waals surface area (Å²) in [7, 11) is 1.68. The largest absolute Gasteiger partial charge is 0.573 e. The minimum Gasteiger partial charge on any atom is -0.484 e. The van der Waals surface area contributed by atoms with E-state index in [0.717, 1.165) is 18.2 Å². The van der Waals surface area contributed by atoms with Crippen LogP contribution in [0.15, 0.2) is 42.6 Å². The molecule has 0 saturated heterocycles. The lowest BCUT2D eigenvalue weighted by atomic mass is 10.2. The minimum absolute atomic E-state index is 0.103. The third-order valence-corrected chi connectivity index (χ3v) is 4.12. The van der Waals surface area contributed by atoms with Crippen molar-refractivity contribution in [2.45, 2.75) is 19.5 Å². The maximum absolute atomic E-state index is 14.3. The summed E-state index contributed by atoms with van der Waals surface area (Å²) in [5.74, 6) is -3.08. The van der Waals surface area contributed by atoms with Crippen LogP contribution in [0.2, 0.25) is 0 Å². The molecule has 0 radical (unpaired) electrons. The fraction of sp³-hybridized carbons (Fsp3) is 0.211. The molecule has 0 unspecified atom stereocenters. The van der Waals surface area contributed by atoms with E-state index in [1.165, 1.54) is 4.68 Å². The molecule has 0 aliphatic rings. The van der Waals surface area contributed by atoms with Gasteiger partial charge in [0.15, 0.2) is 11.6 Å². The van der Waals surface area contributed by atoms with E-state index in [4.69, 9.17) is 4.74 Å². The Labute approximate surface area is 177 Å². The van der Waals surface area contributed by atoms with E-state index in [2.05, 4.69) is 15.2 Å². The Morgan fingerprint density at radius 2 is 1.91 bits per heavy atom. The zero-order valence-electron chi connectivity index (χ0n) is 16.3. The number of nitro benzene ring substituents is 1. The summed E-state index contributed by atoms with van der Waals surface area (Å²) in [4.78, 5) is 10.4. The molecule has 3 rings (SSSR count). The molecule has 1 N–H and O–H groups in total. The highest BCUT2D eigenvalue weighted by molar-refractivity contribution is 5.64. The highest BCUT2D eigenvalue weighted by Gasteiger charge is 2.31. The van der Waals surface area contributed by atoms with E-state index in [1.54, 1.807) is 19.3 Å². The van der Waals surface area contributed by atoms with Crippen LogP contribution < -0.4 is 14.8 Å². The molecule has 0 saturated carbocycles. The molecular formula is C19H15F5N4O4. The van der Waals surface area contributed by atoms with Gasteiger partial charge < -0.3 is 14.8 Å². The van der Waals surface area contributed by atoms with Crippen molar-refractivity contribution in [2.24, 2.45) is 7.05 Å². The molecule has 0 amide bonds. The molecule has 13 heteroatoms. The maximum Gasteiger partial charge on any atom is 0.573 e. The first-order valence-electron chi connectivity index (χ1n) is 8.89. The third-order valence-electron chi connectivity index (χ3n) is 4.12. The molecule has 0 spiro atoms. The van der Waals surface area contributed by atoms with Crippen LogP contribution in [0.4, 0.5) is 33.3 Å². The van der Waals surface area contributed by atoms with Crippen LogP contribution in [-0.2, 0) is 20.2 Å². The Morgan fingerprint density at radius 1 is 1.16 bits per heavy atom. The van der Waals surface area contributed by atoms with Crippen LogP contribution in [-0.4, -0.2) is 21.1 Å². The van der Waals surface area contributed by atoms with E-state index < -0.39 is 34.4 Å². The van der Waals surface area contributed by atoms with E-state index in [1.807, 2.05) is 0 Å². The van der Waals surface area contributed by atoms with Gasteiger partial charge in [0.25, 0.3) is 5.69 Å². The summed E-state index contributed by atoms with van der Waals surface area (Å²) in [5.41, 5.74) is -0.426. The van der Waals surface area contributed by atoms with Gasteiger partial charge in [0, 0.05) is 37.5 Å². The second-order valence-corrected chi connectivity index (χ2v) is 6.48. The van der Waals surface area contributed by atoms with Crippen molar-refractivity contribution >= 4 is 11.4 Å². The topological polar surface area (TPSA) is 91.5 Å². The van der Waals surface area contributed by atoms with Gasteiger partial charge in [-0.15, -0.1) is 13.2 Å². The number of rotatable bonds is 8. The average Bonchev–Trinajstić information content (AvgIpc) is 3.10. The van der Waals surface area contributed by atoms with Crippen molar-refractivity contribution in [3.63, 3.8) is 0 Å². The average molecular weight is 458 g/mol. The fourth-order valence-electron chi connectivity index (χ4n) is 2.70. The standard InChI is InChI=1S/C19H15F5N4O4/c1-27-5-4-12(26-27)10-31-18-8-16(17(28(29)30)7-15(18)21)25-9-11-2-3-13(6-14(11)20)32-19(22,23)24/h2-8,25H,9-10H2,1H3. The summed E-state index contributed by atoms with van der Waals surface area (Å²) in [6.07, 6.45) is -3.33. The molecule has 2 aromatic carbocycles. The van der Waals surface area contributed by atoms with Crippen molar-refractivity contribution in [3.8, 4) is 11.5 Å². The summed E-state index contributed by atoms with van der Waals surface area (Å²) >= 11 is 0. The number of ether oxygens (including phenoxy) is 2. The number of nitrogens with one attached hydrogen (secondary N) is 1. The summed E-state index contributed by atoms with van der Waals surface area (Å²) in [6.45, 7) is -0.450. The second kappa shape index (κ2) is 9.08. The van der Waals surface area contributed by atoms with E-state index >= 15 is 0 Å². The van der Waals surface area contributed by atoms with Crippen molar-refractivity contribution in [1.29, 1.82) is 0 Å². The van der Waals surface area contributed by atoms with Crippen molar-refractivity contribution in [2.75, 3.05) is 5.32 Å². The van der Waals surface area contributed by atoms with Gasteiger partial charge in [0.05, 0.1) is 16.7 Å². The molecule has 0 fully saturated rings. The third kappa shape index (κ3) is 5.83. The Hall–Kier alpha value is -3.90. The highest BCUT2D eigenvalue weighted by atomic mass is 19.4. The number of nitrogens with zero attached hydrogens (tertiary/aromatic N) is 3. The van der Waals surface area contributed by atoms with Gasteiger partial charge in [0.1, 0.15) is 23.9 Å². The zero-order chi connectivity index (χ0) is 23.5. The second-order valence-electron chi connectivity index (χ2n) is 6.48. The van der Waals surface area contributed by atoms with Gasteiger partial charge in [-0.2, -0.15) is 5.10 Å². The molecular weight excluding hydrogens is 443 g/mol. The quantitative estimate of drug-likeness (QED) is 0.299. The molecule has 3 aromatic rings. The summed E-state index contributed by atoms with van der Waals surface area (Å²) in [6, 6.07) is 5.77. The van der Waals surface area contributed by atoms with E-state index in [9.17, 15) is 32.1 Å². The number of anilines is 1. The van der Waals surface area contributed by atoms with E-state index in [0.29, 0.717) is 17.8 Å². The lowest BCUT2D eigenvalue weighted by Crippen LogP contribution is -2.17. The molecule has 0 aliphatic heterocycles. The van der Waals surface area contributed by atoms with Gasteiger partial charge in [-0.05, 0) is 12.1 Å². The Kier molecular flexibility index (Phi) is 6.46. The Bertz CT molecular complexity index is 1130. The highest BCUT2D eigenvalue weighted by Crippen LogP contribution is 2.33. The minimum atomic E-state index is -4.98. The SMILES string of the molecule is Cn1ccc(COc2cc(NCc3ccc(OC(F)(F)F)cc3F)c([N+](=O)[O-])cc2F)n1. The smallest absolute Gasteiger partial charge is 0.484 e. The van der Waals surface area contributed by atoms with Gasteiger partial charge >= 0.3 is 6.36 Å².